The quantitative estimate of drug-likeness (QED) is 0.436. The first-order chi connectivity index (χ1) is 17.4. The zero-order chi connectivity index (χ0) is 27.3. The minimum absolute atomic E-state index is 0.117. The third-order valence-corrected chi connectivity index (χ3v) is 6.30. The first-order valence-electron chi connectivity index (χ1n) is 11.5. The van der Waals surface area contributed by atoms with Crippen LogP contribution in [0.5, 0.6) is 0 Å². The number of benzene rings is 2. The fraction of sp³-hybridized carbons (Fsp3) is 0.417. The molecule has 1 saturated heterocycles. The molecule has 7 nitrogen and oxygen atoms in total. The highest BCUT2D eigenvalue weighted by Crippen LogP contribution is 2.32. The average Bonchev–Trinajstić information content (AvgIpc) is 2.84. The second-order valence-electron chi connectivity index (χ2n) is 8.69. The van der Waals surface area contributed by atoms with Crippen LogP contribution in [-0.4, -0.2) is 61.7 Å². The van der Waals surface area contributed by atoms with Gasteiger partial charge in [-0.1, -0.05) is 17.7 Å². The smallest absolute Gasteiger partial charge is 0.367 e. The van der Waals surface area contributed by atoms with Gasteiger partial charge in [-0.25, -0.2) is 8.78 Å². The SMILES string of the molecule is C[C@@H]1CN(c2cc(Cl)ccc2NC(=O)c2ccc(CNC(=O)CN)c(F)c2F)CCN1CCC(F)(F)F. The molecule has 1 heterocycles. The lowest BCUT2D eigenvalue weighted by atomic mass is 10.1. The van der Waals surface area contributed by atoms with Gasteiger partial charge in [0.15, 0.2) is 11.6 Å². The maximum atomic E-state index is 14.7. The number of rotatable bonds is 8. The lowest BCUT2D eigenvalue weighted by molar-refractivity contribution is -0.139. The van der Waals surface area contributed by atoms with Crippen molar-refractivity contribution < 1.29 is 31.5 Å². The molecule has 2 amide bonds. The van der Waals surface area contributed by atoms with E-state index in [1.807, 2.05) is 4.90 Å². The molecular formula is C24H27ClF5N5O2. The normalized spacial score (nSPS) is 16.5. The number of halogens is 6. The Kier molecular flexibility index (Phi) is 9.32. The Hall–Kier alpha value is -2.96. The lowest BCUT2D eigenvalue weighted by Gasteiger charge is -2.41. The van der Waals surface area contributed by atoms with Crippen LogP contribution in [0.1, 0.15) is 29.3 Å². The molecule has 13 heteroatoms. The van der Waals surface area contributed by atoms with Crippen molar-refractivity contribution in [3.8, 4) is 0 Å². The Balaban J connectivity index is 1.75. The predicted octanol–water partition coefficient (Wildman–Crippen LogP) is 3.91. The molecular weight excluding hydrogens is 521 g/mol. The van der Waals surface area contributed by atoms with Gasteiger partial charge in [0, 0.05) is 49.4 Å². The Bertz CT molecular complexity index is 1150. The van der Waals surface area contributed by atoms with Gasteiger partial charge in [-0.05, 0) is 31.2 Å². The van der Waals surface area contributed by atoms with Crippen molar-refractivity contribution in [1.82, 2.24) is 10.2 Å². The second-order valence-corrected chi connectivity index (χ2v) is 9.13. The van der Waals surface area contributed by atoms with E-state index in [0.717, 1.165) is 6.07 Å². The standard InChI is InChI=1S/C24H27ClF5N5O2/c1-14-13-35(9-8-34(14)7-6-24(28,29)30)19-10-16(25)3-5-18(19)33-23(37)17-4-2-15(21(26)22(17)27)12-32-20(36)11-31/h2-5,10,14H,6-9,11-13,31H2,1H3,(H,32,36)(H,33,37)/t14-/m1/s1. The number of nitrogens with zero attached hydrogens (tertiary/aromatic N) is 2. The fourth-order valence-electron chi connectivity index (χ4n) is 4.05. The molecule has 0 bridgehead atoms. The average molecular weight is 548 g/mol. The minimum Gasteiger partial charge on any atom is -0.367 e. The van der Waals surface area contributed by atoms with Crippen LogP contribution in [0.3, 0.4) is 0 Å². The number of piperazine rings is 1. The van der Waals surface area contributed by atoms with Crippen LogP contribution in [0, 0.1) is 11.6 Å². The van der Waals surface area contributed by atoms with Crippen LogP contribution in [0.15, 0.2) is 30.3 Å². The fourth-order valence-corrected chi connectivity index (χ4v) is 4.21. The molecule has 1 atom stereocenters. The van der Waals surface area contributed by atoms with E-state index in [1.165, 1.54) is 18.2 Å². The van der Waals surface area contributed by atoms with E-state index in [-0.39, 0.29) is 36.9 Å². The Morgan fingerprint density at radius 3 is 2.51 bits per heavy atom. The van der Waals surface area contributed by atoms with Gasteiger partial charge in [0.05, 0.1) is 29.9 Å². The molecule has 4 N–H and O–H groups in total. The molecule has 0 spiro atoms. The first-order valence-corrected chi connectivity index (χ1v) is 11.9. The van der Waals surface area contributed by atoms with Gasteiger partial charge in [-0.15, -0.1) is 0 Å². The van der Waals surface area contributed by atoms with E-state index >= 15 is 0 Å². The number of amides is 2. The number of nitrogens with two attached hydrogens (primary N) is 1. The lowest BCUT2D eigenvalue weighted by Crippen LogP contribution is -2.52. The van der Waals surface area contributed by atoms with Crippen molar-refractivity contribution in [3.63, 3.8) is 0 Å². The van der Waals surface area contributed by atoms with Crippen molar-refractivity contribution >= 4 is 34.8 Å². The molecule has 37 heavy (non-hydrogen) atoms. The molecule has 0 saturated carbocycles. The van der Waals surface area contributed by atoms with Crippen molar-refractivity contribution in [2.45, 2.75) is 32.1 Å². The maximum Gasteiger partial charge on any atom is 0.390 e. The third-order valence-electron chi connectivity index (χ3n) is 6.06. The number of nitrogens with one attached hydrogen (secondary N) is 2. The summed E-state index contributed by atoms with van der Waals surface area (Å²) in [6, 6.07) is 6.71. The minimum atomic E-state index is -4.24. The molecule has 0 radical (unpaired) electrons. The van der Waals surface area contributed by atoms with Crippen LogP contribution in [0.2, 0.25) is 5.02 Å². The highest BCUT2D eigenvalue weighted by atomic mass is 35.5. The Labute approximate surface area is 215 Å². The number of alkyl halides is 3. The highest BCUT2D eigenvalue weighted by molar-refractivity contribution is 6.31. The second kappa shape index (κ2) is 12.1. The number of carbonyl (C=O) groups excluding carboxylic acids is 2. The summed E-state index contributed by atoms with van der Waals surface area (Å²) in [5.74, 6) is -4.11. The number of hydrogen-bond acceptors (Lipinski definition) is 5. The van der Waals surface area contributed by atoms with Gasteiger partial charge >= 0.3 is 6.18 Å². The van der Waals surface area contributed by atoms with Crippen molar-refractivity contribution in [3.05, 3.63) is 58.1 Å². The topological polar surface area (TPSA) is 90.7 Å². The van der Waals surface area contributed by atoms with Crippen LogP contribution in [-0.2, 0) is 11.3 Å². The summed E-state index contributed by atoms with van der Waals surface area (Å²) < 4.78 is 67.1. The van der Waals surface area contributed by atoms with Crippen molar-refractivity contribution in [2.24, 2.45) is 5.73 Å². The summed E-state index contributed by atoms with van der Waals surface area (Å²) in [7, 11) is 0. The Morgan fingerprint density at radius 1 is 1.14 bits per heavy atom. The largest absolute Gasteiger partial charge is 0.390 e. The third kappa shape index (κ3) is 7.53. The molecule has 3 rings (SSSR count). The van der Waals surface area contributed by atoms with E-state index in [1.54, 1.807) is 17.9 Å². The van der Waals surface area contributed by atoms with Crippen LogP contribution < -0.4 is 21.3 Å². The summed E-state index contributed by atoms with van der Waals surface area (Å²) in [6.07, 6.45) is -5.15. The number of anilines is 2. The molecule has 1 aliphatic heterocycles. The molecule has 2 aromatic carbocycles. The van der Waals surface area contributed by atoms with Crippen molar-refractivity contribution in [2.75, 3.05) is 42.9 Å². The molecule has 1 aliphatic rings. The summed E-state index contributed by atoms with van der Waals surface area (Å²) in [5.41, 5.74) is 5.26. The molecule has 202 valence electrons. The van der Waals surface area contributed by atoms with Crippen LogP contribution in [0.4, 0.5) is 33.3 Å². The first kappa shape index (κ1) is 28.6. The number of hydrogen-bond donors (Lipinski definition) is 3. The van der Waals surface area contributed by atoms with Gasteiger partial charge in [-0.2, -0.15) is 13.2 Å². The van der Waals surface area contributed by atoms with E-state index in [9.17, 15) is 31.5 Å². The molecule has 0 aromatic heterocycles. The van der Waals surface area contributed by atoms with E-state index in [0.29, 0.717) is 30.3 Å². The van der Waals surface area contributed by atoms with Crippen LogP contribution in [0.25, 0.3) is 0 Å². The summed E-state index contributed by atoms with van der Waals surface area (Å²) in [4.78, 5) is 27.7. The summed E-state index contributed by atoms with van der Waals surface area (Å²) in [5, 5.41) is 5.26. The number of carbonyl (C=O) groups is 2. The molecule has 2 aromatic rings. The van der Waals surface area contributed by atoms with Crippen molar-refractivity contribution in [1.29, 1.82) is 0 Å². The zero-order valence-corrected chi connectivity index (χ0v) is 20.7. The van der Waals surface area contributed by atoms with Crippen LogP contribution >= 0.6 is 11.6 Å². The van der Waals surface area contributed by atoms with Gasteiger partial charge in [0.2, 0.25) is 5.91 Å². The van der Waals surface area contributed by atoms with Gasteiger partial charge in [0.25, 0.3) is 5.91 Å². The van der Waals surface area contributed by atoms with Gasteiger partial charge in [0.1, 0.15) is 0 Å². The monoisotopic (exact) mass is 547 g/mol. The van der Waals surface area contributed by atoms with E-state index < -0.39 is 41.6 Å². The zero-order valence-electron chi connectivity index (χ0n) is 20.0. The maximum absolute atomic E-state index is 14.7. The van der Waals surface area contributed by atoms with E-state index in [2.05, 4.69) is 10.6 Å². The Morgan fingerprint density at radius 2 is 1.86 bits per heavy atom. The predicted molar refractivity (Wildman–Crippen MR) is 131 cm³/mol. The molecule has 0 unspecified atom stereocenters. The highest BCUT2D eigenvalue weighted by Gasteiger charge is 2.31. The van der Waals surface area contributed by atoms with E-state index in [4.69, 9.17) is 17.3 Å². The van der Waals surface area contributed by atoms with Gasteiger partial charge in [-0.3, -0.25) is 14.5 Å². The molecule has 0 aliphatic carbocycles. The summed E-state index contributed by atoms with van der Waals surface area (Å²) >= 11 is 6.16. The molecule has 1 fully saturated rings. The van der Waals surface area contributed by atoms with Gasteiger partial charge < -0.3 is 21.3 Å². The summed E-state index contributed by atoms with van der Waals surface area (Å²) in [6.45, 7) is 2.18.